The molecule has 0 spiro atoms. The van der Waals surface area contributed by atoms with E-state index >= 15 is 0 Å². The lowest BCUT2D eigenvalue weighted by atomic mass is 9.45. The highest BCUT2D eigenvalue weighted by Gasteiger charge is 2.59. The lowest BCUT2D eigenvalue weighted by molar-refractivity contribution is -0.125. The Bertz CT molecular complexity index is 418. The minimum Gasteiger partial charge on any atom is -0.393 e. The molecule has 120 valence electrons. The Morgan fingerprint density at radius 3 is 2.33 bits per heavy atom. The first-order valence-electron chi connectivity index (χ1n) is 9.63. The van der Waals surface area contributed by atoms with E-state index in [4.69, 9.17) is 0 Å². The molecule has 0 aliphatic heterocycles. The third-order valence-electron chi connectivity index (χ3n) is 9.11. The molecule has 0 bridgehead atoms. The molecule has 1 N–H and O–H groups in total. The van der Waals surface area contributed by atoms with Crippen molar-refractivity contribution in [3.05, 3.63) is 0 Å². The average molecular weight is 290 g/mol. The molecule has 0 saturated heterocycles. The summed E-state index contributed by atoms with van der Waals surface area (Å²) in [4.78, 5) is 0. The molecule has 4 rings (SSSR count). The zero-order valence-corrected chi connectivity index (χ0v) is 14.3. The molecule has 0 aromatic rings. The van der Waals surface area contributed by atoms with Gasteiger partial charge in [0.2, 0.25) is 0 Å². The summed E-state index contributed by atoms with van der Waals surface area (Å²) in [5.74, 6) is 4.74. The van der Waals surface area contributed by atoms with Gasteiger partial charge in [0, 0.05) is 0 Å². The van der Waals surface area contributed by atoms with E-state index < -0.39 is 0 Å². The van der Waals surface area contributed by atoms with Crippen LogP contribution in [0.5, 0.6) is 0 Å². The number of aliphatic hydroxyl groups excluding tert-OH is 1. The first-order valence-corrected chi connectivity index (χ1v) is 9.63. The Hall–Kier alpha value is -0.0400. The van der Waals surface area contributed by atoms with Crippen molar-refractivity contribution >= 4 is 0 Å². The molecule has 4 fully saturated rings. The van der Waals surface area contributed by atoms with Gasteiger partial charge in [-0.3, -0.25) is 0 Å². The molecule has 4 aliphatic carbocycles. The maximum atomic E-state index is 10.1. The van der Waals surface area contributed by atoms with Crippen molar-refractivity contribution in [2.45, 2.75) is 84.7 Å². The minimum atomic E-state index is -0.0000147. The Morgan fingerprint density at radius 2 is 1.52 bits per heavy atom. The molecule has 0 amide bonds. The maximum absolute atomic E-state index is 10.1. The summed E-state index contributed by atoms with van der Waals surface area (Å²) in [6.07, 6.45) is 12.2. The van der Waals surface area contributed by atoms with Crippen LogP contribution in [0.1, 0.15) is 78.6 Å². The van der Waals surface area contributed by atoms with Gasteiger partial charge in [-0.1, -0.05) is 20.8 Å². The second kappa shape index (κ2) is 4.73. The molecular weight excluding hydrogens is 256 g/mol. The van der Waals surface area contributed by atoms with E-state index in [0.29, 0.717) is 10.8 Å². The normalized spacial score (nSPS) is 60.0. The largest absolute Gasteiger partial charge is 0.393 e. The van der Waals surface area contributed by atoms with Gasteiger partial charge in [-0.25, -0.2) is 0 Å². The van der Waals surface area contributed by atoms with Crippen LogP contribution >= 0.6 is 0 Å². The third kappa shape index (κ3) is 1.92. The van der Waals surface area contributed by atoms with Crippen LogP contribution in [0.15, 0.2) is 0 Å². The van der Waals surface area contributed by atoms with Crippen molar-refractivity contribution in [1.82, 2.24) is 0 Å². The molecule has 8 atom stereocenters. The van der Waals surface area contributed by atoms with Gasteiger partial charge in [0.05, 0.1) is 6.10 Å². The van der Waals surface area contributed by atoms with E-state index in [1.165, 1.54) is 44.9 Å². The monoisotopic (exact) mass is 290 g/mol. The molecule has 4 aliphatic rings. The highest BCUT2D eigenvalue weighted by atomic mass is 16.3. The topological polar surface area (TPSA) is 20.2 Å². The summed E-state index contributed by atoms with van der Waals surface area (Å²) < 4.78 is 0. The highest BCUT2D eigenvalue weighted by Crippen LogP contribution is 2.67. The van der Waals surface area contributed by atoms with Crippen LogP contribution in [0.4, 0.5) is 0 Å². The van der Waals surface area contributed by atoms with E-state index in [0.717, 1.165) is 42.4 Å². The summed E-state index contributed by atoms with van der Waals surface area (Å²) in [6, 6.07) is 0. The van der Waals surface area contributed by atoms with Gasteiger partial charge >= 0.3 is 0 Å². The third-order valence-corrected chi connectivity index (χ3v) is 9.11. The van der Waals surface area contributed by atoms with Gasteiger partial charge < -0.3 is 5.11 Å². The van der Waals surface area contributed by atoms with E-state index in [-0.39, 0.29) is 6.10 Å². The van der Waals surface area contributed by atoms with Gasteiger partial charge in [-0.15, -0.1) is 0 Å². The summed E-state index contributed by atoms with van der Waals surface area (Å²) in [6.45, 7) is 7.73. The number of hydrogen-bond acceptors (Lipinski definition) is 1. The Kier molecular flexibility index (Phi) is 3.27. The minimum absolute atomic E-state index is 0.0000147. The van der Waals surface area contributed by atoms with Gasteiger partial charge in [0.25, 0.3) is 0 Å². The van der Waals surface area contributed by atoms with Crippen molar-refractivity contribution < 1.29 is 5.11 Å². The molecule has 1 heteroatoms. The fourth-order valence-corrected chi connectivity index (χ4v) is 7.50. The molecular formula is C20H34O. The summed E-state index contributed by atoms with van der Waals surface area (Å²) in [5.41, 5.74) is 1.20. The number of fused-ring (bicyclic) bond motifs is 5. The fraction of sp³-hybridized carbons (Fsp3) is 1.00. The maximum Gasteiger partial charge on any atom is 0.0543 e. The molecule has 0 aromatic carbocycles. The number of hydrogen-bond donors (Lipinski definition) is 1. The molecule has 0 aromatic heterocycles. The first-order chi connectivity index (χ1) is 9.95. The van der Waals surface area contributed by atoms with Gasteiger partial charge in [0.1, 0.15) is 0 Å². The second-order valence-electron chi connectivity index (χ2n) is 9.61. The van der Waals surface area contributed by atoms with Crippen LogP contribution in [0.2, 0.25) is 0 Å². The molecule has 0 radical (unpaired) electrons. The van der Waals surface area contributed by atoms with Gasteiger partial charge in [0.15, 0.2) is 0 Å². The van der Waals surface area contributed by atoms with Crippen molar-refractivity contribution in [3.63, 3.8) is 0 Å². The smallest absolute Gasteiger partial charge is 0.0543 e. The van der Waals surface area contributed by atoms with Crippen molar-refractivity contribution in [2.24, 2.45) is 40.4 Å². The van der Waals surface area contributed by atoms with Crippen LogP contribution in [0.3, 0.4) is 0 Å². The Morgan fingerprint density at radius 1 is 0.810 bits per heavy atom. The standard InChI is InChI=1S/C20H34O/c1-13-4-7-17-16-6-5-14-12-15(21)8-10-20(14,3)18(16)9-11-19(13,17)2/h13-18,21H,4-12H2,1-3H3/t13-,14-,15-,16-,17-,18-,19+,20-/m1/s1. The number of aliphatic hydroxyl groups is 1. The van der Waals surface area contributed by atoms with Gasteiger partial charge in [-0.2, -0.15) is 0 Å². The van der Waals surface area contributed by atoms with Gasteiger partial charge in [-0.05, 0) is 98.2 Å². The van der Waals surface area contributed by atoms with Crippen LogP contribution in [0, 0.1) is 40.4 Å². The summed E-state index contributed by atoms with van der Waals surface area (Å²) in [5, 5.41) is 10.1. The predicted molar refractivity (Wildman–Crippen MR) is 86.9 cm³/mol. The number of rotatable bonds is 0. The zero-order valence-electron chi connectivity index (χ0n) is 14.3. The lowest BCUT2D eigenvalue weighted by Gasteiger charge is -2.60. The Balaban J connectivity index is 1.62. The fourth-order valence-electron chi connectivity index (χ4n) is 7.50. The van der Waals surface area contributed by atoms with Crippen molar-refractivity contribution in [2.75, 3.05) is 0 Å². The predicted octanol–water partition coefficient (Wildman–Crippen LogP) is 5.03. The Labute approximate surface area is 130 Å². The zero-order chi connectivity index (χ0) is 14.8. The van der Waals surface area contributed by atoms with Crippen LogP contribution in [0.25, 0.3) is 0 Å². The summed E-state index contributed by atoms with van der Waals surface area (Å²) >= 11 is 0. The van der Waals surface area contributed by atoms with Crippen LogP contribution in [-0.2, 0) is 0 Å². The van der Waals surface area contributed by atoms with E-state index in [2.05, 4.69) is 20.8 Å². The highest BCUT2D eigenvalue weighted by molar-refractivity contribution is 5.08. The van der Waals surface area contributed by atoms with Crippen LogP contribution in [-0.4, -0.2) is 11.2 Å². The van der Waals surface area contributed by atoms with E-state index in [1.807, 2.05) is 0 Å². The van der Waals surface area contributed by atoms with Crippen molar-refractivity contribution in [3.8, 4) is 0 Å². The SMILES string of the molecule is C[C@@H]1CC[C@@H]2[C@H]3CC[C@@H]4C[C@H](O)CC[C@@]4(C)[C@@H]3CC[C@@]12C. The lowest BCUT2D eigenvalue weighted by Crippen LogP contribution is -2.53. The average Bonchev–Trinajstić information content (AvgIpc) is 2.76. The summed E-state index contributed by atoms with van der Waals surface area (Å²) in [7, 11) is 0. The first kappa shape index (κ1) is 14.5. The molecule has 0 heterocycles. The molecule has 21 heavy (non-hydrogen) atoms. The molecule has 0 unspecified atom stereocenters. The van der Waals surface area contributed by atoms with Crippen LogP contribution < -0.4 is 0 Å². The van der Waals surface area contributed by atoms with E-state index in [1.54, 1.807) is 0 Å². The van der Waals surface area contributed by atoms with Crippen molar-refractivity contribution in [1.29, 1.82) is 0 Å². The quantitative estimate of drug-likeness (QED) is 0.663. The second-order valence-corrected chi connectivity index (χ2v) is 9.61. The molecule has 4 saturated carbocycles. The van der Waals surface area contributed by atoms with E-state index in [9.17, 15) is 5.11 Å². The molecule has 1 nitrogen and oxygen atoms in total.